The molecule has 2 aromatic rings. The molecule has 0 radical (unpaired) electrons. The number of hydrogen-bond acceptors (Lipinski definition) is 6. The number of benzene rings is 1. The summed E-state index contributed by atoms with van der Waals surface area (Å²) in [7, 11) is 0. The van der Waals surface area contributed by atoms with Crippen molar-refractivity contribution in [3.05, 3.63) is 30.0 Å². The molecular weight excluding hydrogens is 218 g/mol. The Morgan fingerprint density at radius 1 is 1.18 bits per heavy atom. The average molecular weight is 231 g/mol. The maximum absolute atomic E-state index is 5.82. The Hall–Kier alpha value is -2.41. The minimum absolute atomic E-state index is 0.258. The van der Waals surface area contributed by atoms with Crippen LogP contribution in [0.15, 0.2) is 34.6 Å². The van der Waals surface area contributed by atoms with Gasteiger partial charge in [-0.3, -0.25) is 5.10 Å². The van der Waals surface area contributed by atoms with Gasteiger partial charge in [0.15, 0.2) is 5.82 Å². The molecule has 0 atom stereocenters. The molecule has 7 N–H and O–H groups in total. The van der Waals surface area contributed by atoms with E-state index in [9.17, 15) is 0 Å². The summed E-state index contributed by atoms with van der Waals surface area (Å²) >= 11 is 0. The largest absolute Gasteiger partial charge is 0.397 e. The molecule has 17 heavy (non-hydrogen) atoms. The molecule has 2 rings (SSSR count). The first kappa shape index (κ1) is 11.1. The number of azo groups is 1. The summed E-state index contributed by atoms with van der Waals surface area (Å²) < 4.78 is 0. The van der Waals surface area contributed by atoms with E-state index < -0.39 is 0 Å². The second kappa shape index (κ2) is 4.62. The van der Waals surface area contributed by atoms with Gasteiger partial charge in [-0.05, 0) is 12.1 Å². The van der Waals surface area contributed by atoms with Gasteiger partial charge < -0.3 is 17.2 Å². The molecule has 0 aliphatic carbocycles. The van der Waals surface area contributed by atoms with Crippen molar-refractivity contribution in [3.63, 3.8) is 0 Å². The van der Waals surface area contributed by atoms with E-state index in [-0.39, 0.29) is 6.54 Å². The van der Waals surface area contributed by atoms with Crippen molar-refractivity contribution in [3.8, 4) is 0 Å². The standard InChI is InChI=1S/C10H13N7/c11-5-6-8(2-1-7(12)10(6)13)15-17-9-3-4-14-16-9/h1-4H,5,11-13H2,(H,14,16). The summed E-state index contributed by atoms with van der Waals surface area (Å²) in [6.07, 6.45) is 1.59. The van der Waals surface area contributed by atoms with Crippen molar-refractivity contribution >= 4 is 22.9 Å². The zero-order valence-electron chi connectivity index (χ0n) is 9.09. The fraction of sp³-hybridized carbons (Fsp3) is 0.100. The molecule has 0 saturated carbocycles. The highest BCUT2D eigenvalue weighted by Crippen LogP contribution is 2.30. The van der Waals surface area contributed by atoms with E-state index in [1.54, 1.807) is 24.4 Å². The molecule has 1 aromatic heterocycles. The number of H-pyrrole nitrogens is 1. The van der Waals surface area contributed by atoms with Crippen LogP contribution in [0.1, 0.15) is 5.56 Å². The van der Waals surface area contributed by atoms with Gasteiger partial charge in [0.1, 0.15) is 0 Å². The molecule has 0 saturated heterocycles. The smallest absolute Gasteiger partial charge is 0.170 e. The third-order valence-corrected chi connectivity index (χ3v) is 2.32. The number of hydrogen-bond donors (Lipinski definition) is 4. The molecule has 0 spiro atoms. The van der Waals surface area contributed by atoms with E-state index in [1.165, 1.54) is 0 Å². The van der Waals surface area contributed by atoms with Crippen molar-refractivity contribution in [1.29, 1.82) is 0 Å². The highest BCUT2D eigenvalue weighted by molar-refractivity contribution is 5.74. The number of nitrogens with one attached hydrogen (secondary N) is 1. The third-order valence-electron chi connectivity index (χ3n) is 2.32. The van der Waals surface area contributed by atoms with Gasteiger partial charge in [-0.15, -0.1) is 10.2 Å². The number of nitrogens with two attached hydrogens (primary N) is 3. The Morgan fingerprint density at radius 2 is 2.00 bits per heavy atom. The minimum Gasteiger partial charge on any atom is -0.397 e. The second-order valence-electron chi connectivity index (χ2n) is 3.41. The van der Waals surface area contributed by atoms with Crippen LogP contribution in [0.5, 0.6) is 0 Å². The SMILES string of the molecule is NCc1c(N=Nc2ccn[nH]2)ccc(N)c1N. The number of anilines is 2. The lowest BCUT2D eigenvalue weighted by atomic mass is 10.1. The fourth-order valence-corrected chi connectivity index (χ4v) is 1.39. The molecular formula is C10H13N7. The van der Waals surface area contributed by atoms with Crippen LogP contribution < -0.4 is 17.2 Å². The molecule has 0 unspecified atom stereocenters. The topological polar surface area (TPSA) is 131 Å². The van der Waals surface area contributed by atoms with E-state index >= 15 is 0 Å². The Bertz CT molecular complexity index is 530. The summed E-state index contributed by atoms with van der Waals surface area (Å²) in [6, 6.07) is 5.11. The van der Waals surface area contributed by atoms with Gasteiger partial charge in [0.05, 0.1) is 23.3 Å². The third kappa shape index (κ3) is 2.23. The lowest BCUT2D eigenvalue weighted by Gasteiger charge is -2.08. The molecule has 1 heterocycles. The van der Waals surface area contributed by atoms with Crippen molar-refractivity contribution in [2.45, 2.75) is 6.54 Å². The predicted octanol–water partition coefficient (Wildman–Crippen LogP) is 1.45. The van der Waals surface area contributed by atoms with Crippen molar-refractivity contribution in [2.24, 2.45) is 16.0 Å². The zero-order valence-corrected chi connectivity index (χ0v) is 9.09. The Morgan fingerprint density at radius 3 is 2.65 bits per heavy atom. The van der Waals surface area contributed by atoms with Crippen LogP contribution in [0.25, 0.3) is 0 Å². The van der Waals surface area contributed by atoms with Gasteiger partial charge in [0.25, 0.3) is 0 Å². The first-order valence-corrected chi connectivity index (χ1v) is 5.00. The number of aromatic nitrogens is 2. The summed E-state index contributed by atoms with van der Waals surface area (Å²) in [5.41, 5.74) is 19.4. The van der Waals surface area contributed by atoms with Crippen molar-refractivity contribution in [1.82, 2.24) is 10.2 Å². The maximum Gasteiger partial charge on any atom is 0.170 e. The Balaban J connectivity index is 2.36. The predicted molar refractivity (Wildman–Crippen MR) is 65.9 cm³/mol. The van der Waals surface area contributed by atoms with Crippen LogP contribution >= 0.6 is 0 Å². The molecule has 7 heteroatoms. The van der Waals surface area contributed by atoms with Crippen LogP contribution in [0, 0.1) is 0 Å². The fourth-order valence-electron chi connectivity index (χ4n) is 1.39. The van der Waals surface area contributed by atoms with Crippen LogP contribution in [0.2, 0.25) is 0 Å². The monoisotopic (exact) mass is 231 g/mol. The van der Waals surface area contributed by atoms with Crippen LogP contribution in [-0.4, -0.2) is 10.2 Å². The van der Waals surface area contributed by atoms with Gasteiger partial charge in [0, 0.05) is 18.2 Å². The number of rotatable bonds is 3. The van der Waals surface area contributed by atoms with Gasteiger partial charge in [-0.25, -0.2) is 0 Å². The summed E-state index contributed by atoms with van der Waals surface area (Å²) in [5, 5.41) is 14.5. The van der Waals surface area contributed by atoms with Gasteiger partial charge in [0.2, 0.25) is 0 Å². The van der Waals surface area contributed by atoms with Gasteiger partial charge in [-0.2, -0.15) is 5.10 Å². The summed E-state index contributed by atoms with van der Waals surface area (Å²) in [5.74, 6) is 0.559. The molecule has 0 amide bonds. The van der Waals surface area contributed by atoms with E-state index in [1.807, 2.05) is 0 Å². The van der Waals surface area contributed by atoms with Crippen LogP contribution in [-0.2, 0) is 6.54 Å². The normalized spacial score (nSPS) is 11.1. The lowest BCUT2D eigenvalue weighted by molar-refractivity contribution is 1.03. The minimum atomic E-state index is 0.258. The second-order valence-corrected chi connectivity index (χ2v) is 3.41. The molecule has 0 bridgehead atoms. The molecule has 0 fully saturated rings. The zero-order chi connectivity index (χ0) is 12.3. The van der Waals surface area contributed by atoms with E-state index in [4.69, 9.17) is 17.2 Å². The van der Waals surface area contributed by atoms with E-state index in [0.717, 1.165) is 0 Å². The number of nitrogen functional groups attached to an aromatic ring is 2. The lowest BCUT2D eigenvalue weighted by Crippen LogP contribution is -2.04. The number of nitrogens with zero attached hydrogens (tertiary/aromatic N) is 3. The van der Waals surface area contributed by atoms with Crippen molar-refractivity contribution < 1.29 is 0 Å². The quantitative estimate of drug-likeness (QED) is 0.470. The van der Waals surface area contributed by atoms with Gasteiger partial charge >= 0.3 is 0 Å². The molecule has 0 aliphatic heterocycles. The maximum atomic E-state index is 5.82. The Kier molecular flexibility index (Phi) is 3.01. The van der Waals surface area contributed by atoms with Crippen molar-refractivity contribution in [2.75, 3.05) is 11.5 Å². The Labute approximate surface area is 97.7 Å². The first-order chi connectivity index (χ1) is 8.22. The molecule has 7 nitrogen and oxygen atoms in total. The molecule has 0 aliphatic rings. The molecule has 88 valence electrons. The highest BCUT2D eigenvalue weighted by Gasteiger charge is 2.07. The van der Waals surface area contributed by atoms with Crippen LogP contribution in [0.4, 0.5) is 22.9 Å². The highest BCUT2D eigenvalue weighted by atomic mass is 15.2. The number of aromatic amines is 1. The van der Waals surface area contributed by atoms with E-state index in [2.05, 4.69) is 20.4 Å². The first-order valence-electron chi connectivity index (χ1n) is 5.00. The van der Waals surface area contributed by atoms with Gasteiger partial charge in [-0.1, -0.05) is 0 Å². The summed E-state index contributed by atoms with van der Waals surface area (Å²) in [6.45, 7) is 0.258. The van der Waals surface area contributed by atoms with E-state index in [0.29, 0.717) is 28.4 Å². The average Bonchev–Trinajstić information content (AvgIpc) is 2.83. The van der Waals surface area contributed by atoms with Crippen LogP contribution in [0.3, 0.4) is 0 Å². The summed E-state index contributed by atoms with van der Waals surface area (Å²) in [4.78, 5) is 0. The molecule has 1 aromatic carbocycles.